The van der Waals surface area contributed by atoms with Gasteiger partial charge in [0.15, 0.2) is 0 Å². The molecule has 0 unspecified atom stereocenters. The lowest BCUT2D eigenvalue weighted by atomic mass is 10.1. The van der Waals surface area contributed by atoms with Crippen molar-refractivity contribution in [3.05, 3.63) is 35.7 Å². The summed E-state index contributed by atoms with van der Waals surface area (Å²) >= 11 is 1.62. The smallest absolute Gasteiger partial charge is 0.276 e. The summed E-state index contributed by atoms with van der Waals surface area (Å²) in [6.45, 7) is 2.17. The zero-order valence-electron chi connectivity index (χ0n) is 11.3. The van der Waals surface area contributed by atoms with E-state index in [1.807, 2.05) is 24.3 Å². The molecule has 0 spiro atoms. The van der Waals surface area contributed by atoms with Gasteiger partial charge in [-0.1, -0.05) is 37.2 Å². The van der Waals surface area contributed by atoms with Gasteiger partial charge in [-0.05, 0) is 24.1 Å². The number of nitrogens with zero attached hydrogens (tertiary/aromatic N) is 2. The van der Waals surface area contributed by atoms with Gasteiger partial charge in [0, 0.05) is 5.75 Å². The van der Waals surface area contributed by atoms with Gasteiger partial charge in [0.1, 0.15) is 5.75 Å². The normalized spacial score (nSPS) is 10.6. The first kappa shape index (κ1) is 13.9. The summed E-state index contributed by atoms with van der Waals surface area (Å²) in [5.41, 5.74) is 1.13. The number of aromatic nitrogens is 2. The summed E-state index contributed by atoms with van der Waals surface area (Å²) in [4.78, 5) is 0. The van der Waals surface area contributed by atoms with Gasteiger partial charge in [-0.15, -0.1) is 10.2 Å². The van der Waals surface area contributed by atoms with Crippen molar-refractivity contribution in [2.45, 2.75) is 31.4 Å². The van der Waals surface area contributed by atoms with Crippen molar-refractivity contribution in [1.29, 1.82) is 0 Å². The van der Waals surface area contributed by atoms with E-state index in [0.29, 0.717) is 17.5 Å². The van der Waals surface area contributed by atoms with Crippen LogP contribution in [-0.4, -0.2) is 23.1 Å². The molecule has 1 aromatic heterocycles. The molecule has 0 radical (unpaired) electrons. The van der Waals surface area contributed by atoms with Gasteiger partial charge in [0.25, 0.3) is 5.22 Å². The van der Waals surface area contributed by atoms with Gasteiger partial charge in [-0.25, -0.2) is 0 Å². The number of thioether (sulfide) groups is 1. The third-order valence-corrected chi connectivity index (χ3v) is 3.59. The second-order valence-corrected chi connectivity index (χ2v) is 5.23. The Kier molecular flexibility index (Phi) is 5.27. The van der Waals surface area contributed by atoms with Gasteiger partial charge in [-0.3, -0.25) is 0 Å². The lowest BCUT2D eigenvalue weighted by Gasteiger charge is -2.00. The molecule has 0 atom stereocenters. The van der Waals surface area contributed by atoms with Crippen LogP contribution in [0.25, 0.3) is 0 Å². The molecule has 0 aliphatic rings. The quantitative estimate of drug-likeness (QED) is 0.572. The molecule has 0 aliphatic heterocycles. The molecule has 0 amide bonds. The highest BCUT2D eigenvalue weighted by molar-refractivity contribution is 7.99. The third-order valence-electron chi connectivity index (χ3n) is 2.69. The second kappa shape index (κ2) is 7.19. The highest BCUT2D eigenvalue weighted by Gasteiger charge is 2.07. The van der Waals surface area contributed by atoms with Gasteiger partial charge in [0.05, 0.1) is 13.5 Å². The Balaban J connectivity index is 1.91. The maximum Gasteiger partial charge on any atom is 0.276 e. The first-order chi connectivity index (χ1) is 9.31. The summed E-state index contributed by atoms with van der Waals surface area (Å²) in [5.74, 6) is 2.54. The molecule has 5 heteroatoms. The number of hydrogen-bond acceptors (Lipinski definition) is 5. The summed E-state index contributed by atoms with van der Waals surface area (Å²) in [7, 11) is 1.66. The van der Waals surface area contributed by atoms with Crippen molar-refractivity contribution in [2.24, 2.45) is 0 Å². The minimum atomic E-state index is 0.657. The lowest BCUT2D eigenvalue weighted by Crippen LogP contribution is -1.89. The predicted molar refractivity (Wildman–Crippen MR) is 75.7 cm³/mol. The zero-order chi connectivity index (χ0) is 13.5. The van der Waals surface area contributed by atoms with Crippen LogP contribution in [0.2, 0.25) is 0 Å². The molecule has 2 aromatic rings. The average molecular weight is 278 g/mol. The standard InChI is InChI=1S/C14H18N2O2S/c1-3-4-9-19-14-16-15-13(18-14)10-11-5-7-12(17-2)8-6-11/h5-8H,3-4,9-10H2,1-2H3. The van der Waals surface area contributed by atoms with Crippen molar-refractivity contribution < 1.29 is 9.15 Å². The minimum Gasteiger partial charge on any atom is -0.497 e. The molecule has 1 heterocycles. The van der Waals surface area contributed by atoms with Crippen LogP contribution in [0, 0.1) is 0 Å². The van der Waals surface area contributed by atoms with Gasteiger partial charge in [-0.2, -0.15) is 0 Å². The lowest BCUT2D eigenvalue weighted by molar-refractivity contribution is 0.413. The van der Waals surface area contributed by atoms with E-state index in [2.05, 4.69) is 17.1 Å². The largest absolute Gasteiger partial charge is 0.497 e. The van der Waals surface area contributed by atoms with Crippen LogP contribution in [0.1, 0.15) is 31.2 Å². The molecule has 2 rings (SSSR count). The Morgan fingerprint density at radius 3 is 2.68 bits per heavy atom. The average Bonchev–Trinajstić information content (AvgIpc) is 2.88. The van der Waals surface area contributed by atoms with Crippen LogP contribution >= 0.6 is 11.8 Å². The number of hydrogen-bond donors (Lipinski definition) is 0. The molecule has 0 N–H and O–H groups in total. The van der Waals surface area contributed by atoms with Gasteiger partial charge in [0.2, 0.25) is 5.89 Å². The van der Waals surface area contributed by atoms with E-state index >= 15 is 0 Å². The molecular formula is C14H18N2O2S. The number of ether oxygens (including phenoxy) is 1. The highest BCUT2D eigenvalue weighted by atomic mass is 32.2. The molecule has 1 aromatic carbocycles. The first-order valence-electron chi connectivity index (χ1n) is 6.40. The SMILES string of the molecule is CCCCSc1nnc(Cc2ccc(OC)cc2)o1. The van der Waals surface area contributed by atoms with Crippen molar-refractivity contribution in [1.82, 2.24) is 10.2 Å². The van der Waals surface area contributed by atoms with E-state index in [0.717, 1.165) is 17.1 Å². The van der Waals surface area contributed by atoms with Crippen LogP contribution in [0.3, 0.4) is 0 Å². The van der Waals surface area contributed by atoms with Crippen molar-refractivity contribution in [2.75, 3.05) is 12.9 Å². The summed E-state index contributed by atoms with van der Waals surface area (Å²) in [6, 6.07) is 7.88. The molecule has 0 aliphatic carbocycles. The molecule has 102 valence electrons. The Labute approximate surface area is 117 Å². The summed E-state index contributed by atoms with van der Waals surface area (Å²) in [5, 5.41) is 8.77. The van der Waals surface area contributed by atoms with Crippen LogP contribution in [0.15, 0.2) is 33.9 Å². The fourth-order valence-corrected chi connectivity index (χ4v) is 2.45. The van der Waals surface area contributed by atoms with E-state index in [1.54, 1.807) is 18.9 Å². The summed E-state index contributed by atoms with van der Waals surface area (Å²) < 4.78 is 10.7. The zero-order valence-corrected chi connectivity index (χ0v) is 12.1. The van der Waals surface area contributed by atoms with Crippen molar-refractivity contribution in [3.63, 3.8) is 0 Å². The maximum atomic E-state index is 5.60. The molecule has 0 fully saturated rings. The number of rotatable bonds is 7. The van der Waals surface area contributed by atoms with E-state index in [1.165, 1.54) is 12.8 Å². The van der Waals surface area contributed by atoms with Crippen LogP contribution < -0.4 is 4.74 Å². The third kappa shape index (κ3) is 4.28. The number of methoxy groups -OCH3 is 1. The predicted octanol–water partition coefficient (Wildman–Crippen LogP) is 3.56. The number of benzene rings is 1. The monoisotopic (exact) mass is 278 g/mol. The second-order valence-electron chi connectivity index (χ2n) is 4.19. The van der Waals surface area contributed by atoms with Crippen molar-refractivity contribution >= 4 is 11.8 Å². The molecule has 19 heavy (non-hydrogen) atoms. The molecule has 0 saturated carbocycles. The molecule has 0 bridgehead atoms. The van der Waals surface area contributed by atoms with E-state index in [-0.39, 0.29) is 0 Å². The van der Waals surface area contributed by atoms with Crippen LogP contribution in [0.5, 0.6) is 5.75 Å². The number of unbranched alkanes of at least 4 members (excludes halogenated alkanes) is 1. The topological polar surface area (TPSA) is 48.2 Å². The fourth-order valence-electron chi connectivity index (χ4n) is 1.59. The van der Waals surface area contributed by atoms with Gasteiger partial charge < -0.3 is 9.15 Å². The Hall–Kier alpha value is -1.49. The Morgan fingerprint density at radius 1 is 1.21 bits per heavy atom. The minimum absolute atomic E-state index is 0.657. The maximum absolute atomic E-state index is 5.60. The van der Waals surface area contributed by atoms with Crippen LogP contribution in [0.4, 0.5) is 0 Å². The molecule has 4 nitrogen and oxygen atoms in total. The van der Waals surface area contributed by atoms with E-state index in [9.17, 15) is 0 Å². The Bertz CT molecular complexity index is 496. The van der Waals surface area contributed by atoms with E-state index in [4.69, 9.17) is 9.15 Å². The highest BCUT2D eigenvalue weighted by Crippen LogP contribution is 2.19. The van der Waals surface area contributed by atoms with Gasteiger partial charge >= 0.3 is 0 Å². The molecule has 0 saturated heterocycles. The Morgan fingerprint density at radius 2 is 2.00 bits per heavy atom. The van der Waals surface area contributed by atoms with Crippen LogP contribution in [-0.2, 0) is 6.42 Å². The molecular weight excluding hydrogens is 260 g/mol. The summed E-state index contributed by atoms with van der Waals surface area (Å²) in [6.07, 6.45) is 3.01. The van der Waals surface area contributed by atoms with E-state index < -0.39 is 0 Å². The fraction of sp³-hybridized carbons (Fsp3) is 0.429. The van der Waals surface area contributed by atoms with Crippen molar-refractivity contribution in [3.8, 4) is 5.75 Å². The first-order valence-corrected chi connectivity index (χ1v) is 7.38.